The van der Waals surface area contributed by atoms with Gasteiger partial charge in [-0.3, -0.25) is 0 Å². The molecule has 0 amide bonds. The van der Waals surface area contributed by atoms with Crippen LogP contribution in [0.2, 0.25) is 0 Å². The molecule has 0 N–H and O–H groups in total. The van der Waals surface area contributed by atoms with Crippen LogP contribution >= 0.6 is 12.0 Å². The van der Waals surface area contributed by atoms with E-state index in [0.29, 0.717) is 0 Å². The fourth-order valence-corrected chi connectivity index (χ4v) is 1.50. The Labute approximate surface area is 75.1 Å². The first-order chi connectivity index (χ1) is 5.31. The third-order valence-electron chi connectivity index (χ3n) is 1.50. The lowest BCUT2D eigenvalue weighted by molar-refractivity contribution is 0.290. The van der Waals surface area contributed by atoms with Crippen molar-refractivity contribution in [3.8, 4) is 0 Å². The van der Waals surface area contributed by atoms with Crippen LogP contribution in [0.3, 0.4) is 0 Å². The molecule has 0 aliphatic heterocycles. The van der Waals surface area contributed by atoms with Gasteiger partial charge in [0.1, 0.15) is 0 Å². The molecule has 0 aromatic heterocycles. The fraction of sp³-hybridized carbons (Fsp3) is 1.00. The molecule has 0 aliphatic rings. The topological polar surface area (TPSA) is 9.23 Å². The summed E-state index contributed by atoms with van der Waals surface area (Å²) in [5.74, 6) is 1.85. The summed E-state index contributed by atoms with van der Waals surface area (Å²) >= 11 is 1.61. The van der Waals surface area contributed by atoms with Crippen LogP contribution < -0.4 is 0 Å². The summed E-state index contributed by atoms with van der Waals surface area (Å²) in [4.78, 5) is 0. The monoisotopic (exact) mass is 176 g/mol. The molecule has 0 rings (SSSR count). The maximum atomic E-state index is 5.41. The molecule has 1 nitrogen and oxygen atoms in total. The third kappa shape index (κ3) is 8.21. The van der Waals surface area contributed by atoms with E-state index in [1.54, 1.807) is 12.0 Å². The quantitative estimate of drug-likeness (QED) is 0.434. The predicted octanol–water partition coefficient (Wildman–Crippen LogP) is 3.50. The van der Waals surface area contributed by atoms with Gasteiger partial charge < -0.3 is 4.18 Å². The lowest BCUT2D eigenvalue weighted by atomic mass is 10.1. The Morgan fingerprint density at radius 3 is 2.55 bits per heavy atom. The van der Waals surface area contributed by atoms with Crippen molar-refractivity contribution in [2.75, 3.05) is 12.4 Å². The van der Waals surface area contributed by atoms with Crippen molar-refractivity contribution in [1.82, 2.24) is 0 Å². The van der Waals surface area contributed by atoms with Crippen LogP contribution in [0.4, 0.5) is 0 Å². The molecule has 0 radical (unpaired) electrons. The molecule has 0 bridgehead atoms. The molecule has 1 unspecified atom stereocenters. The van der Waals surface area contributed by atoms with E-state index in [0.717, 1.165) is 18.3 Å². The number of rotatable bonds is 7. The Balaban J connectivity index is 2.97. The van der Waals surface area contributed by atoms with Crippen LogP contribution in [0, 0.1) is 5.92 Å². The summed E-state index contributed by atoms with van der Waals surface area (Å²) in [6.07, 6.45) is 3.75. The highest BCUT2D eigenvalue weighted by molar-refractivity contribution is 7.94. The molecule has 0 saturated carbocycles. The number of hydrogen-bond acceptors (Lipinski definition) is 2. The average Bonchev–Trinajstić information content (AvgIpc) is 1.99. The van der Waals surface area contributed by atoms with Crippen LogP contribution in [-0.4, -0.2) is 12.4 Å². The molecule has 0 heterocycles. The molecule has 1 atom stereocenters. The van der Waals surface area contributed by atoms with Gasteiger partial charge >= 0.3 is 0 Å². The maximum absolute atomic E-state index is 5.41. The van der Waals surface area contributed by atoms with Crippen molar-refractivity contribution in [1.29, 1.82) is 0 Å². The van der Waals surface area contributed by atoms with Crippen LogP contribution in [-0.2, 0) is 4.18 Å². The molecule has 0 fully saturated rings. The van der Waals surface area contributed by atoms with Crippen molar-refractivity contribution >= 4 is 12.0 Å². The van der Waals surface area contributed by atoms with Crippen molar-refractivity contribution < 1.29 is 4.18 Å². The average molecular weight is 176 g/mol. The second-order valence-corrected chi connectivity index (χ2v) is 3.88. The molecule has 68 valence electrons. The van der Waals surface area contributed by atoms with Gasteiger partial charge in [0.2, 0.25) is 0 Å². The third-order valence-corrected chi connectivity index (χ3v) is 2.38. The highest BCUT2D eigenvalue weighted by atomic mass is 32.2. The van der Waals surface area contributed by atoms with Crippen molar-refractivity contribution in [2.45, 2.75) is 40.0 Å². The summed E-state index contributed by atoms with van der Waals surface area (Å²) < 4.78 is 5.41. The molecule has 0 aromatic carbocycles. The van der Waals surface area contributed by atoms with Crippen LogP contribution in [0.15, 0.2) is 0 Å². The summed E-state index contributed by atoms with van der Waals surface area (Å²) in [6.45, 7) is 7.55. The van der Waals surface area contributed by atoms with Crippen LogP contribution in [0.1, 0.15) is 40.0 Å². The van der Waals surface area contributed by atoms with E-state index in [2.05, 4.69) is 20.8 Å². The first-order valence-corrected chi connectivity index (χ1v) is 5.46. The van der Waals surface area contributed by atoms with Crippen molar-refractivity contribution in [3.63, 3.8) is 0 Å². The molecule has 0 spiro atoms. The van der Waals surface area contributed by atoms with E-state index in [9.17, 15) is 0 Å². The van der Waals surface area contributed by atoms with Crippen molar-refractivity contribution in [3.05, 3.63) is 0 Å². The van der Waals surface area contributed by atoms with Crippen LogP contribution in [0.25, 0.3) is 0 Å². The predicted molar refractivity (Wildman–Crippen MR) is 52.8 cm³/mol. The lowest BCUT2D eigenvalue weighted by Crippen LogP contribution is -2.01. The van der Waals surface area contributed by atoms with Gasteiger partial charge in [0, 0.05) is 5.75 Å². The zero-order valence-electron chi connectivity index (χ0n) is 7.93. The Morgan fingerprint density at radius 1 is 1.27 bits per heavy atom. The first kappa shape index (κ1) is 11.3. The summed E-state index contributed by atoms with van der Waals surface area (Å²) in [5, 5.41) is 0. The minimum Gasteiger partial charge on any atom is -0.315 e. The Kier molecular flexibility index (Phi) is 8.64. The lowest BCUT2D eigenvalue weighted by Gasteiger charge is -2.08. The van der Waals surface area contributed by atoms with Gasteiger partial charge in [-0.1, -0.05) is 27.2 Å². The first-order valence-electron chi connectivity index (χ1n) is 4.55. The summed E-state index contributed by atoms with van der Waals surface area (Å²) in [7, 11) is 0. The second kappa shape index (κ2) is 8.41. The van der Waals surface area contributed by atoms with Gasteiger partial charge in [0.05, 0.1) is 6.61 Å². The van der Waals surface area contributed by atoms with Gasteiger partial charge in [0.25, 0.3) is 0 Å². The number of hydrogen-bond donors (Lipinski definition) is 0. The minimum atomic E-state index is 0.726. The maximum Gasteiger partial charge on any atom is 0.0639 e. The highest BCUT2D eigenvalue weighted by Crippen LogP contribution is 2.10. The standard InChI is InChI=1S/C9H20OS/c1-4-6-9(3)8-10-11-7-5-2/h9H,4-8H2,1-3H3. The Bertz CT molecular complexity index is 76.0. The van der Waals surface area contributed by atoms with E-state index in [-0.39, 0.29) is 0 Å². The molecule has 0 saturated heterocycles. The highest BCUT2D eigenvalue weighted by Gasteiger charge is 1.99. The van der Waals surface area contributed by atoms with Gasteiger partial charge in [-0.2, -0.15) is 0 Å². The molecule has 0 aliphatic carbocycles. The molecule has 11 heavy (non-hydrogen) atoms. The fourth-order valence-electron chi connectivity index (χ4n) is 0.883. The van der Waals surface area contributed by atoms with Gasteiger partial charge in [0.15, 0.2) is 0 Å². The SMILES string of the molecule is CCCSOCC(C)CCC. The van der Waals surface area contributed by atoms with E-state index >= 15 is 0 Å². The Morgan fingerprint density at radius 2 is 2.00 bits per heavy atom. The van der Waals surface area contributed by atoms with E-state index in [4.69, 9.17) is 4.18 Å². The smallest absolute Gasteiger partial charge is 0.0639 e. The van der Waals surface area contributed by atoms with Crippen LogP contribution in [0.5, 0.6) is 0 Å². The van der Waals surface area contributed by atoms with E-state index < -0.39 is 0 Å². The van der Waals surface area contributed by atoms with E-state index in [1.807, 2.05) is 0 Å². The zero-order valence-corrected chi connectivity index (χ0v) is 8.75. The van der Waals surface area contributed by atoms with Gasteiger partial charge in [-0.25, -0.2) is 0 Å². The molecular formula is C9H20OS. The molecular weight excluding hydrogens is 156 g/mol. The Hall–Kier alpha value is 0.310. The van der Waals surface area contributed by atoms with Crippen molar-refractivity contribution in [2.24, 2.45) is 5.92 Å². The van der Waals surface area contributed by atoms with Gasteiger partial charge in [-0.05, 0) is 30.8 Å². The molecule has 0 aromatic rings. The van der Waals surface area contributed by atoms with Gasteiger partial charge in [-0.15, -0.1) is 0 Å². The second-order valence-electron chi connectivity index (χ2n) is 3.00. The largest absolute Gasteiger partial charge is 0.315 e. The normalized spacial score (nSPS) is 13.4. The minimum absolute atomic E-state index is 0.726. The summed E-state index contributed by atoms with van der Waals surface area (Å²) in [5.41, 5.74) is 0. The van der Waals surface area contributed by atoms with E-state index in [1.165, 1.54) is 19.3 Å². The molecule has 2 heteroatoms. The summed E-state index contributed by atoms with van der Waals surface area (Å²) in [6, 6.07) is 0. The zero-order chi connectivity index (χ0) is 8.53.